The van der Waals surface area contributed by atoms with Crippen molar-refractivity contribution < 1.29 is 27.5 Å². The van der Waals surface area contributed by atoms with Gasteiger partial charge >= 0.3 is 6.18 Å². The summed E-state index contributed by atoms with van der Waals surface area (Å²) in [6.07, 6.45) is -1.27. The SMILES string of the molecule is Cc1ccncc1-c1nnc(CC(=O)c2ccc(OCC(F)(F)F)c(NC(=O)CN3CCN(C)CC3)c2)s1. The molecule has 202 valence electrons. The minimum absolute atomic E-state index is 0.00293. The van der Waals surface area contributed by atoms with E-state index in [-0.39, 0.29) is 35.7 Å². The van der Waals surface area contributed by atoms with E-state index in [1.54, 1.807) is 12.4 Å². The first-order valence-electron chi connectivity index (χ1n) is 11.9. The van der Waals surface area contributed by atoms with Gasteiger partial charge in [0.25, 0.3) is 0 Å². The number of alkyl halides is 3. The molecule has 0 saturated carbocycles. The lowest BCUT2D eigenvalue weighted by molar-refractivity contribution is -0.153. The maximum absolute atomic E-state index is 13.0. The summed E-state index contributed by atoms with van der Waals surface area (Å²) in [5.41, 5.74) is 2.00. The van der Waals surface area contributed by atoms with Crippen LogP contribution in [0.3, 0.4) is 0 Å². The molecule has 1 aliphatic rings. The van der Waals surface area contributed by atoms with E-state index in [0.717, 1.165) is 24.2 Å². The molecule has 13 heteroatoms. The van der Waals surface area contributed by atoms with Gasteiger partial charge in [0.1, 0.15) is 15.8 Å². The third-order valence-corrected chi connectivity index (χ3v) is 6.93. The molecule has 0 radical (unpaired) electrons. The number of pyridine rings is 1. The molecule has 1 aliphatic heterocycles. The molecule has 3 heterocycles. The van der Waals surface area contributed by atoms with Gasteiger partial charge in [-0.2, -0.15) is 13.2 Å². The number of hydrogen-bond acceptors (Lipinski definition) is 9. The molecule has 0 aliphatic carbocycles. The zero-order valence-electron chi connectivity index (χ0n) is 20.9. The van der Waals surface area contributed by atoms with Crippen molar-refractivity contribution in [1.82, 2.24) is 25.0 Å². The van der Waals surface area contributed by atoms with Gasteiger partial charge in [0, 0.05) is 49.7 Å². The molecule has 0 unspecified atom stereocenters. The second-order valence-corrected chi connectivity index (χ2v) is 10.1. The summed E-state index contributed by atoms with van der Waals surface area (Å²) < 4.78 is 43.3. The van der Waals surface area contributed by atoms with Gasteiger partial charge in [-0.05, 0) is 43.8 Å². The molecule has 0 bridgehead atoms. The summed E-state index contributed by atoms with van der Waals surface area (Å²) in [7, 11) is 1.99. The summed E-state index contributed by atoms with van der Waals surface area (Å²) >= 11 is 1.26. The molecule has 3 aromatic rings. The van der Waals surface area contributed by atoms with Crippen LogP contribution in [0.15, 0.2) is 36.7 Å². The molecule has 2 aromatic heterocycles. The smallest absolute Gasteiger partial charge is 0.422 e. The van der Waals surface area contributed by atoms with Crippen LogP contribution in [0.5, 0.6) is 5.75 Å². The summed E-state index contributed by atoms with van der Waals surface area (Å²) in [5.74, 6) is -0.903. The lowest BCUT2D eigenvalue weighted by Crippen LogP contribution is -2.47. The fourth-order valence-electron chi connectivity index (χ4n) is 3.85. The topological polar surface area (TPSA) is 101 Å². The van der Waals surface area contributed by atoms with Crippen molar-refractivity contribution in [2.75, 3.05) is 51.7 Å². The first kappa shape index (κ1) is 27.6. The third-order valence-electron chi connectivity index (χ3n) is 5.98. The van der Waals surface area contributed by atoms with Crippen molar-refractivity contribution in [3.63, 3.8) is 0 Å². The molecule has 1 saturated heterocycles. The third kappa shape index (κ3) is 7.55. The predicted octanol–water partition coefficient (Wildman–Crippen LogP) is 3.46. The van der Waals surface area contributed by atoms with E-state index in [2.05, 4.69) is 25.4 Å². The van der Waals surface area contributed by atoms with Crippen molar-refractivity contribution in [2.24, 2.45) is 0 Å². The quantitative estimate of drug-likeness (QED) is 0.406. The van der Waals surface area contributed by atoms with Crippen LogP contribution in [0.1, 0.15) is 20.9 Å². The second kappa shape index (κ2) is 12.0. The van der Waals surface area contributed by atoms with E-state index in [1.807, 2.05) is 24.9 Å². The Labute approximate surface area is 221 Å². The number of nitrogens with one attached hydrogen (secondary N) is 1. The Kier molecular flexibility index (Phi) is 8.69. The van der Waals surface area contributed by atoms with Crippen molar-refractivity contribution in [1.29, 1.82) is 0 Å². The van der Waals surface area contributed by atoms with Crippen LogP contribution in [0, 0.1) is 6.92 Å². The maximum Gasteiger partial charge on any atom is 0.422 e. The van der Waals surface area contributed by atoms with Crippen LogP contribution in [-0.2, 0) is 11.2 Å². The zero-order valence-corrected chi connectivity index (χ0v) is 21.7. The van der Waals surface area contributed by atoms with Gasteiger partial charge in [-0.25, -0.2) is 0 Å². The monoisotopic (exact) mass is 548 g/mol. The Balaban J connectivity index is 1.48. The van der Waals surface area contributed by atoms with Crippen LogP contribution in [0.2, 0.25) is 0 Å². The highest BCUT2D eigenvalue weighted by atomic mass is 32.1. The largest absolute Gasteiger partial charge is 0.482 e. The number of carbonyl (C=O) groups excluding carboxylic acids is 2. The number of ether oxygens (including phenoxy) is 1. The average Bonchev–Trinajstić information content (AvgIpc) is 3.32. The number of benzene rings is 1. The van der Waals surface area contributed by atoms with Crippen LogP contribution in [0.4, 0.5) is 18.9 Å². The Hall–Kier alpha value is -3.42. The van der Waals surface area contributed by atoms with E-state index < -0.39 is 18.7 Å². The molecule has 1 amide bonds. The highest BCUT2D eigenvalue weighted by molar-refractivity contribution is 7.14. The molecule has 1 N–H and O–H groups in total. The molecule has 4 rings (SSSR count). The summed E-state index contributed by atoms with van der Waals surface area (Å²) in [6, 6.07) is 5.82. The molecule has 1 aromatic carbocycles. The fourth-order valence-corrected chi connectivity index (χ4v) is 4.76. The van der Waals surface area contributed by atoms with E-state index in [1.165, 1.54) is 29.5 Å². The Bertz CT molecular complexity index is 1290. The second-order valence-electron chi connectivity index (χ2n) is 9.03. The molecule has 38 heavy (non-hydrogen) atoms. The molecular weight excluding hydrogens is 521 g/mol. The summed E-state index contributed by atoms with van der Waals surface area (Å²) in [4.78, 5) is 33.9. The average molecular weight is 549 g/mol. The number of likely N-dealkylation sites (N-methyl/N-ethyl adjacent to an activating group) is 1. The van der Waals surface area contributed by atoms with Gasteiger partial charge in [-0.1, -0.05) is 11.3 Å². The number of halogens is 3. The molecular formula is C25H27F3N6O3S. The van der Waals surface area contributed by atoms with Crippen molar-refractivity contribution in [2.45, 2.75) is 19.5 Å². The highest BCUT2D eigenvalue weighted by Gasteiger charge is 2.29. The number of aromatic nitrogens is 3. The molecule has 0 spiro atoms. The van der Waals surface area contributed by atoms with Crippen LogP contribution in [0.25, 0.3) is 10.6 Å². The van der Waals surface area contributed by atoms with E-state index in [0.29, 0.717) is 23.1 Å². The maximum atomic E-state index is 13.0. The first-order valence-corrected chi connectivity index (χ1v) is 12.7. The minimum atomic E-state index is -4.56. The lowest BCUT2D eigenvalue weighted by Gasteiger charge is -2.31. The number of piperazine rings is 1. The summed E-state index contributed by atoms with van der Waals surface area (Å²) in [6.45, 7) is 3.49. The number of amides is 1. The van der Waals surface area contributed by atoms with Gasteiger partial charge in [0.2, 0.25) is 5.91 Å². The molecule has 0 atom stereocenters. The van der Waals surface area contributed by atoms with Gasteiger partial charge < -0.3 is 15.0 Å². The Morgan fingerprint density at radius 3 is 2.61 bits per heavy atom. The predicted molar refractivity (Wildman–Crippen MR) is 136 cm³/mol. The van der Waals surface area contributed by atoms with Gasteiger partial charge in [0.05, 0.1) is 18.7 Å². The van der Waals surface area contributed by atoms with Gasteiger partial charge in [-0.3, -0.25) is 19.5 Å². The van der Waals surface area contributed by atoms with Crippen LogP contribution in [-0.4, -0.2) is 89.2 Å². The van der Waals surface area contributed by atoms with Crippen molar-refractivity contribution in [3.8, 4) is 16.3 Å². The number of Topliss-reactive ketones (excluding diaryl/α,β-unsaturated/α-hetero) is 1. The molecule has 1 fully saturated rings. The Morgan fingerprint density at radius 1 is 1.13 bits per heavy atom. The van der Waals surface area contributed by atoms with E-state index in [4.69, 9.17) is 4.74 Å². The van der Waals surface area contributed by atoms with Gasteiger partial charge in [-0.15, -0.1) is 10.2 Å². The van der Waals surface area contributed by atoms with Gasteiger partial charge in [0.15, 0.2) is 12.4 Å². The standard InChI is InChI=1S/C25H27F3N6O3S/c1-16-5-6-29-13-18(16)24-32-31-23(38-24)12-20(35)17-3-4-21(37-15-25(26,27)28)19(11-17)30-22(36)14-34-9-7-33(2)8-10-34/h3-6,11,13H,7-10,12,14-15H2,1-2H3,(H,30,36). The number of anilines is 1. The first-order chi connectivity index (χ1) is 18.1. The molecule has 9 nitrogen and oxygen atoms in total. The van der Waals surface area contributed by atoms with E-state index in [9.17, 15) is 22.8 Å². The van der Waals surface area contributed by atoms with Crippen molar-refractivity contribution in [3.05, 3.63) is 52.8 Å². The number of rotatable bonds is 9. The van der Waals surface area contributed by atoms with Crippen molar-refractivity contribution >= 4 is 28.7 Å². The number of nitrogens with zero attached hydrogens (tertiary/aromatic N) is 5. The summed E-state index contributed by atoms with van der Waals surface area (Å²) in [5, 5.41) is 12.0. The number of ketones is 1. The number of aryl methyl sites for hydroxylation is 1. The van der Waals surface area contributed by atoms with Crippen LogP contribution >= 0.6 is 11.3 Å². The Morgan fingerprint density at radius 2 is 1.89 bits per heavy atom. The van der Waals surface area contributed by atoms with Crippen LogP contribution < -0.4 is 10.1 Å². The lowest BCUT2D eigenvalue weighted by atomic mass is 10.1. The minimum Gasteiger partial charge on any atom is -0.482 e. The normalized spacial score (nSPS) is 14.9. The fraction of sp³-hybridized carbons (Fsp3) is 0.400. The highest BCUT2D eigenvalue weighted by Crippen LogP contribution is 2.30. The number of hydrogen-bond donors (Lipinski definition) is 1. The number of carbonyl (C=O) groups is 2. The zero-order chi connectivity index (χ0) is 27.3. The van der Waals surface area contributed by atoms with E-state index >= 15 is 0 Å².